The summed E-state index contributed by atoms with van der Waals surface area (Å²) >= 11 is 1.27. The smallest absolute Gasteiger partial charge is 0.252 e. The van der Waals surface area contributed by atoms with E-state index >= 15 is 0 Å². The maximum absolute atomic E-state index is 12.6. The van der Waals surface area contributed by atoms with Crippen molar-refractivity contribution in [1.29, 1.82) is 0 Å². The van der Waals surface area contributed by atoms with E-state index in [-0.39, 0.29) is 0 Å². The van der Waals surface area contributed by atoms with Gasteiger partial charge in [-0.3, -0.25) is 0 Å². The number of ether oxygens (including phenoxy) is 2. The van der Waals surface area contributed by atoms with Crippen LogP contribution in [0.2, 0.25) is 0 Å². The van der Waals surface area contributed by atoms with Crippen molar-refractivity contribution in [2.45, 2.75) is 17.7 Å². The van der Waals surface area contributed by atoms with Crippen molar-refractivity contribution in [3.05, 3.63) is 40.8 Å². The van der Waals surface area contributed by atoms with Crippen LogP contribution in [0.5, 0.6) is 11.5 Å². The lowest BCUT2D eigenvalue weighted by Gasteiger charge is -2.31. The van der Waals surface area contributed by atoms with Gasteiger partial charge in [-0.25, -0.2) is 8.42 Å². The molecule has 0 unspecified atom stereocenters. The molecular weight excluding hydrogens is 372 g/mol. The van der Waals surface area contributed by atoms with Crippen LogP contribution in [0.15, 0.2) is 33.9 Å². The molecule has 2 heterocycles. The van der Waals surface area contributed by atoms with E-state index in [2.05, 4.69) is 6.92 Å². The van der Waals surface area contributed by atoms with Gasteiger partial charge in [0.15, 0.2) is 11.5 Å². The zero-order valence-corrected chi connectivity index (χ0v) is 17.0. The van der Waals surface area contributed by atoms with E-state index in [9.17, 15) is 8.42 Å². The number of hydrogen-bond acceptors (Lipinski definition) is 5. The van der Waals surface area contributed by atoms with Gasteiger partial charge >= 0.3 is 0 Å². The van der Waals surface area contributed by atoms with Crippen molar-refractivity contribution in [1.82, 2.24) is 4.31 Å². The van der Waals surface area contributed by atoms with Gasteiger partial charge in [0.2, 0.25) is 0 Å². The minimum atomic E-state index is -3.34. The number of hydrogen-bond donors (Lipinski definition) is 1. The highest BCUT2D eigenvalue weighted by Crippen LogP contribution is 2.30. The first-order valence-corrected chi connectivity index (χ1v) is 10.9. The van der Waals surface area contributed by atoms with Gasteiger partial charge in [-0.15, -0.1) is 11.3 Å². The highest BCUT2D eigenvalue weighted by atomic mass is 32.2. The number of quaternary nitrogens is 1. The first-order valence-electron chi connectivity index (χ1n) is 8.54. The molecule has 3 rings (SSSR count). The number of sulfonamides is 1. The van der Waals surface area contributed by atoms with Crippen LogP contribution >= 0.6 is 11.3 Å². The Kier molecular flexibility index (Phi) is 5.86. The molecule has 2 aromatic rings. The maximum Gasteiger partial charge on any atom is 0.252 e. The highest BCUT2D eigenvalue weighted by Gasteiger charge is 2.31. The molecule has 0 radical (unpaired) electrons. The Balaban J connectivity index is 1.66. The van der Waals surface area contributed by atoms with Crippen LogP contribution in [0.3, 0.4) is 0 Å². The monoisotopic (exact) mass is 397 g/mol. The molecule has 1 aromatic carbocycles. The molecule has 1 aliphatic rings. The number of nitrogens with zero attached hydrogens (tertiary/aromatic N) is 1. The van der Waals surface area contributed by atoms with E-state index in [0.717, 1.165) is 36.7 Å². The van der Waals surface area contributed by atoms with E-state index in [4.69, 9.17) is 9.47 Å². The molecule has 1 aromatic heterocycles. The van der Waals surface area contributed by atoms with Crippen molar-refractivity contribution in [2.24, 2.45) is 0 Å². The normalized spacial score (nSPS) is 16.6. The molecule has 1 N–H and O–H groups in total. The molecule has 6 nitrogen and oxygen atoms in total. The SMILES string of the molecule is COc1cc(C)c(C[NH+]2CCN(S(=O)(=O)c3cccs3)CC2)cc1OC. The summed E-state index contributed by atoms with van der Waals surface area (Å²) in [6.07, 6.45) is 0. The molecule has 1 aliphatic heterocycles. The van der Waals surface area contributed by atoms with Crippen molar-refractivity contribution in [3.63, 3.8) is 0 Å². The zero-order valence-electron chi connectivity index (χ0n) is 15.3. The number of nitrogens with one attached hydrogen (secondary N) is 1. The quantitative estimate of drug-likeness (QED) is 0.795. The molecule has 0 aliphatic carbocycles. The van der Waals surface area contributed by atoms with Crippen molar-refractivity contribution in [2.75, 3.05) is 40.4 Å². The summed E-state index contributed by atoms with van der Waals surface area (Å²) in [5.41, 5.74) is 2.36. The summed E-state index contributed by atoms with van der Waals surface area (Å²) in [5.74, 6) is 1.46. The van der Waals surface area contributed by atoms with Gasteiger partial charge in [0.05, 0.1) is 40.4 Å². The molecule has 142 valence electrons. The second kappa shape index (κ2) is 7.96. The summed E-state index contributed by atoms with van der Waals surface area (Å²) < 4.78 is 38.0. The van der Waals surface area contributed by atoms with Gasteiger partial charge in [0.25, 0.3) is 10.0 Å². The molecule has 0 bridgehead atoms. The molecular formula is C18H25N2O4S2+. The van der Waals surface area contributed by atoms with Crippen LogP contribution in [0.25, 0.3) is 0 Å². The summed E-state index contributed by atoms with van der Waals surface area (Å²) in [6, 6.07) is 7.46. The predicted molar refractivity (Wildman–Crippen MR) is 102 cm³/mol. The van der Waals surface area contributed by atoms with Crippen LogP contribution < -0.4 is 14.4 Å². The fourth-order valence-corrected chi connectivity index (χ4v) is 5.83. The van der Waals surface area contributed by atoms with Gasteiger partial charge in [0, 0.05) is 5.56 Å². The minimum Gasteiger partial charge on any atom is -0.493 e. The van der Waals surface area contributed by atoms with Crippen LogP contribution in [0.1, 0.15) is 11.1 Å². The van der Waals surface area contributed by atoms with E-state index in [1.165, 1.54) is 21.8 Å². The summed E-state index contributed by atoms with van der Waals surface area (Å²) in [6.45, 7) is 5.58. The molecule has 0 amide bonds. The van der Waals surface area contributed by atoms with Gasteiger partial charge in [0.1, 0.15) is 10.8 Å². The van der Waals surface area contributed by atoms with E-state index < -0.39 is 10.0 Å². The lowest BCUT2D eigenvalue weighted by Crippen LogP contribution is -3.13. The standard InChI is InChI=1S/C18H24N2O4S2/c1-14-11-16(23-2)17(24-3)12-15(14)13-19-6-8-20(9-7-19)26(21,22)18-5-4-10-25-18/h4-5,10-12H,6-9,13H2,1-3H3/p+1. The molecule has 0 atom stereocenters. The molecule has 26 heavy (non-hydrogen) atoms. The van der Waals surface area contributed by atoms with Gasteiger partial charge in [-0.05, 0) is 36.1 Å². The third-order valence-electron chi connectivity index (χ3n) is 4.80. The summed E-state index contributed by atoms with van der Waals surface area (Å²) in [7, 11) is -0.0695. The zero-order chi connectivity index (χ0) is 18.7. The Morgan fingerprint density at radius 2 is 1.81 bits per heavy atom. The minimum absolute atomic E-state index is 0.427. The summed E-state index contributed by atoms with van der Waals surface area (Å²) in [4.78, 5) is 1.37. The number of aryl methyl sites for hydroxylation is 1. The third-order valence-corrected chi connectivity index (χ3v) is 8.07. The highest BCUT2D eigenvalue weighted by molar-refractivity contribution is 7.91. The second-order valence-corrected chi connectivity index (χ2v) is 9.51. The topological polar surface area (TPSA) is 60.3 Å². The number of methoxy groups -OCH3 is 2. The number of thiophene rings is 1. The van der Waals surface area contributed by atoms with Crippen LogP contribution in [-0.4, -0.2) is 53.1 Å². The van der Waals surface area contributed by atoms with Gasteiger partial charge in [-0.1, -0.05) is 6.07 Å². The number of piperazine rings is 1. The average molecular weight is 398 g/mol. The van der Waals surface area contributed by atoms with Crippen molar-refractivity contribution in [3.8, 4) is 11.5 Å². The lowest BCUT2D eigenvalue weighted by atomic mass is 10.1. The summed E-state index contributed by atoms with van der Waals surface area (Å²) in [5, 5.41) is 1.80. The fraction of sp³-hybridized carbons (Fsp3) is 0.444. The average Bonchev–Trinajstić information content (AvgIpc) is 3.19. The molecule has 1 saturated heterocycles. The Bertz CT molecular complexity index is 842. The van der Waals surface area contributed by atoms with Crippen LogP contribution in [0.4, 0.5) is 0 Å². The Morgan fingerprint density at radius 3 is 2.38 bits per heavy atom. The van der Waals surface area contributed by atoms with Crippen molar-refractivity contribution < 1.29 is 22.8 Å². The number of rotatable bonds is 6. The number of benzene rings is 1. The largest absolute Gasteiger partial charge is 0.493 e. The molecule has 0 spiro atoms. The second-order valence-electron chi connectivity index (χ2n) is 6.40. The van der Waals surface area contributed by atoms with E-state index in [1.54, 1.807) is 36.0 Å². The first kappa shape index (κ1) is 19.2. The Labute approximate surface area is 159 Å². The first-order chi connectivity index (χ1) is 12.5. The molecule has 8 heteroatoms. The van der Waals surface area contributed by atoms with E-state index in [1.807, 2.05) is 12.1 Å². The maximum atomic E-state index is 12.6. The van der Waals surface area contributed by atoms with Gasteiger partial charge in [-0.2, -0.15) is 4.31 Å². The van der Waals surface area contributed by atoms with Gasteiger partial charge < -0.3 is 14.4 Å². The van der Waals surface area contributed by atoms with Crippen LogP contribution in [-0.2, 0) is 16.6 Å². The fourth-order valence-electron chi connectivity index (χ4n) is 3.24. The third kappa shape index (κ3) is 3.88. The predicted octanol–water partition coefficient (Wildman–Crippen LogP) is 1.16. The Hall–Kier alpha value is -1.61. The van der Waals surface area contributed by atoms with Crippen molar-refractivity contribution >= 4 is 21.4 Å². The Morgan fingerprint density at radius 1 is 1.15 bits per heavy atom. The van der Waals surface area contributed by atoms with E-state index in [0.29, 0.717) is 17.3 Å². The lowest BCUT2D eigenvalue weighted by molar-refractivity contribution is -0.917. The van der Waals surface area contributed by atoms with Crippen LogP contribution in [0, 0.1) is 6.92 Å². The molecule has 0 saturated carbocycles. The molecule has 1 fully saturated rings.